The second kappa shape index (κ2) is 4.54. The van der Waals surface area contributed by atoms with Gasteiger partial charge in [0.1, 0.15) is 23.4 Å². The Morgan fingerprint density at radius 1 is 1.60 bits per heavy atom. The molecule has 0 saturated carbocycles. The monoisotopic (exact) mass is 210 g/mol. The van der Waals surface area contributed by atoms with Crippen LogP contribution in [-0.4, -0.2) is 17.2 Å². The van der Waals surface area contributed by atoms with Gasteiger partial charge in [-0.1, -0.05) is 0 Å². The number of carbonyl (C=O) groups is 2. The second-order valence-electron chi connectivity index (χ2n) is 3.03. The molecular weight excluding hydrogens is 200 g/mol. The van der Waals surface area contributed by atoms with Crippen molar-refractivity contribution in [3.63, 3.8) is 0 Å². The first-order chi connectivity index (χ1) is 7.06. The minimum Gasteiger partial charge on any atom is -0.507 e. The lowest BCUT2D eigenvalue weighted by atomic mass is 10.1. The van der Waals surface area contributed by atoms with Gasteiger partial charge in [0.05, 0.1) is 0 Å². The molecule has 0 aliphatic carbocycles. The Morgan fingerprint density at radius 2 is 2.27 bits per heavy atom. The van der Waals surface area contributed by atoms with Gasteiger partial charge < -0.3 is 14.3 Å². The molecule has 80 valence electrons. The van der Waals surface area contributed by atoms with Crippen LogP contribution in [0.1, 0.15) is 29.0 Å². The molecule has 5 nitrogen and oxygen atoms in total. The predicted octanol–water partition coefficient (Wildman–Crippen LogP) is 0.816. The lowest BCUT2D eigenvalue weighted by Crippen LogP contribution is -2.14. The first-order valence-corrected chi connectivity index (χ1v) is 4.36. The molecular formula is C10H10O5. The van der Waals surface area contributed by atoms with Crippen LogP contribution in [-0.2, 0) is 4.79 Å². The molecule has 0 fully saturated rings. The number of aryl methyl sites for hydroxylation is 1. The third-order valence-electron chi connectivity index (χ3n) is 1.82. The Labute approximate surface area is 85.3 Å². The molecule has 1 heterocycles. The van der Waals surface area contributed by atoms with Crippen LogP contribution in [0.4, 0.5) is 0 Å². The maximum atomic E-state index is 11.4. The highest BCUT2D eigenvalue weighted by Crippen LogP contribution is 2.16. The van der Waals surface area contributed by atoms with Crippen molar-refractivity contribution in [1.29, 1.82) is 0 Å². The van der Waals surface area contributed by atoms with Gasteiger partial charge in [0, 0.05) is 18.9 Å². The van der Waals surface area contributed by atoms with E-state index in [1.807, 2.05) is 0 Å². The largest absolute Gasteiger partial charge is 0.507 e. The van der Waals surface area contributed by atoms with Crippen LogP contribution in [0.3, 0.4) is 0 Å². The van der Waals surface area contributed by atoms with Crippen LogP contribution in [0.5, 0.6) is 5.75 Å². The van der Waals surface area contributed by atoms with E-state index in [1.165, 1.54) is 13.0 Å². The first kappa shape index (κ1) is 11.2. The number of hydrogen-bond donors (Lipinski definition) is 1. The van der Waals surface area contributed by atoms with Gasteiger partial charge in [-0.3, -0.25) is 4.79 Å². The second-order valence-corrected chi connectivity index (χ2v) is 3.03. The van der Waals surface area contributed by atoms with Crippen molar-refractivity contribution in [2.45, 2.75) is 19.8 Å². The van der Waals surface area contributed by atoms with E-state index >= 15 is 0 Å². The Morgan fingerprint density at radius 3 is 2.80 bits per heavy atom. The van der Waals surface area contributed by atoms with E-state index in [0.29, 0.717) is 6.29 Å². The molecule has 1 rings (SSSR count). The maximum absolute atomic E-state index is 11.4. The summed E-state index contributed by atoms with van der Waals surface area (Å²) in [5.74, 6) is -0.766. The Balaban J connectivity index is 3.09. The fourth-order valence-electron chi connectivity index (χ4n) is 1.17. The Kier molecular flexibility index (Phi) is 3.38. The Hall–Kier alpha value is -1.91. The summed E-state index contributed by atoms with van der Waals surface area (Å²) in [4.78, 5) is 32.7. The smallest absolute Gasteiger partial charge is 0.350 e. The van der Waals surface area contributed by atoms with Crippen LogP contribution in [0.25, 0.3) is 0 Å². The fourth-order valence-corrected chi connectivity index (χ4v) is 1.17. The van der Waals surface area contributed by atoms with Crippen molar-refractivity contribution in [2.24, 2.45) is 0 Å². The van der Waals surface area contributed by atoms with Crippen LogP contribution in [0.15, 0.2) is 15.3 Å². The average Bonchev–Trinajstić information content (AvgIpc) is 2.12. The fraction of sp³-hybridized carbons (Fsp3) is 0.300. The number of ketones is 1. The van der Waals surface area contributed by atoms with E-state index in [-0.39, 0.29) is 24.2 Å². The summed E-state index contributed by atoms with van der Waals surface area (Å²) < 4.78 is 4.67. The summed E-state index contributed by atoms with van der Waals surface area (Å²) in [6, 6.07) is 1.19. The normalized spacial score (nSPS) is 9.93. The number of rotatable bonds is 4. The highest BCUT2D eigenvalue weighted by Gasteiger charge is 2.17. The van der Waals surface area contributed by atoms with Gasteiger partial charge >= 0.3 is 5.63 Å². The number of aldehydes is 1. The molecule has 1 aromatic heterocycles. The van der Waals surface area contributed by atoms with E-state index in [4.69, 9.17) is 0 Å². The molecule has 0 unspecified atom stereocenters. The van der Waals surface area contributed by atoms with E-state index < -0.39 is 17.2 Å². The van der Waals surface area contributed by atoms with Gasteiger partial charge in [-0.15, -0.1) is 0 Å². The third-order valence-corrected chi connectivity index (χ3v) is 1.82. The number of carbonyl (C=O) groups excluding carboxylic acids is 2. The highest BCUT2D eigenvalue weighted by molar-refractivity contribution is 5.98. The molecule has 15 heavy (non-hydrogen) atoms. The Bertz CT molecular complexity index is 444. The average molecular weight is 210 g/mol. The van der Waals surface area contributed by atoms with Gasteiger partial charge in [-0.05, 0) is 6.92 Å². The minimum absolute atomic E-state index is 0.0194. The summed E-state index contributed by atoms with van der Waals surface area (Å²) in [7, 11) is 0. The molecule has 0 spiro atoms. The highest BCUT2D eigenvalue weighted by atomic mass is 16.4. The minimum atomic E-state index is -0.872. The van der Waals surface area contributed by atoms with Crippen LogP contribution >= 0.6 is 0 Å². The van der Waals surface area contributed by atoms with Gasteiger partial charge in [0.25, 0.3) is 0 Å². The summed E-state index contributed by atoms with van der Waals surface area (Å²) in [6.45, 7) is 1.49. The molecule has 1 N–H and O–H groups in total. The zero-order valence-corrected chi connectivity index (χ0v) is 8.15. The molecule has 0 aromatic carbocycles. The summed E-state index contributed by atoms with van der Waals surface area (Å²) >= 11 is 0. The van der Waals surface area contributed by atoms with Crippen molar-refractivity contribution in [3.8, 4) is 5.75 Å². The molecule has 0 aliphatic heterocycles. The maximum Gasteiger partial charge on any atom is 0.350 e. The lowest BCUT2D eigenvalue weighted by Gasteiger charge is -2.01. The zero-order valence-electron chi connectivity index (χ0n) is 8.15. The van der Waals surface area contributed by atoms with E-state index in [0.717, 1.165) is 0 Å². The first-order valence-electron chi connectivity index (χ1n) is 4.36. The predicted molar refractivity (Wildman–Crippen MR) is 51.0 cm³/mol. The van der Waals surface area contributed by atoms with E-state index in [9.17, 15) is 19.5 Å². The summed E-state index contributed by atoms with van der Waals surface area (Å²) in [6.07, 6.45) is 0.487. The summed E-state index contributed by atoms with van der Waals surface area (Å²) in [5.41, 5.74) is -1.26. The number of Topliss-reactive ketones (excluding diaryl/α,β-unsaturated/α-hetero) is 1. The topological polar surface area (TPSA) is 84.6 Å². The summed E-state index contributed by atoms with van der Waals surface area (Å²) in [5, 5.41) is 9.37. The van der Waals surface area contributed by atoms with Gasteiger partial charge in [-0.25, -0.2) is 4.79 Å². The molecule has 0 amide bonds. The van der Waals surface area contributed by atoms with E-state index in [1.54, 1.807) is 0 Å². The molecule has 0 radical (unpaired) electrons. The van der Waals surface area contributed by atoms with Crippen molar-refractivity contribution >= 4 is 12.1 Å². The zero-order chi connectivity index (χ0) is 11.4. The van der Waals surface area contributed by atoms with Crippen molar-refractivity contribution in [1.82, 2.24) is 0 Å². The van der Waals surface area contributed by atoms with Gasteiger partial charge in [0.2, 0.25) is 0 Å². The molecule has 0 aliphatic rings. The molecule has 1 aromatic rings. The SMILES string of the molecule is Cc1cc(O)c(C(=O)CCC=O)c(=O)o1. The standard InChI is InChI=1S/C10H10O5/c1-6-5-8(13)9(10(14)15-6)7(12)3-2-4-11/h4-5,13H,2-3H2,1H3. The molecule has 5 heteroatoms. The van der Waals surface area contributed by atoms with Crippen LogP contribution < -0.4 is 5.63 Å². The lowest BCUT2D eigenvalue weighted by molar-refractivity contribution is -0.107. The number of aromatic hydroxyl groups is 1. The van der Waals surface area contributed by atoms with Crippen LogP contribution in [0, 0.1) is 6.92 Å². The molecule has 0 saturated heterocycles. The van der Waals surface area contributed by atoms with Crippen LogP contribution in [0.2, 0.25) is 0 Å². The molecule has 0 atom stereocenters. The molecule has 0 bridgehead atoms. The quantitative estimate of drug-likeness (QED) is 0.587. The number of hydrogen-bond acceptors (Lipinski definition) is 5. The van der Waals surface area contributed by atoms with Crippen molar-refractivity contribution in [3.05, 3.63) is 27.8 Å². The van der Waals surface area contributed by atoms with Crippen molar-refractivity contribution < 1.29 is 19.1 Å². The van der Waals surface area contributed by atoms with Crippen molar-refractivity contribution in [2.75, 3.05) is 0 Å². The van der Waals surface area contributed by atoms with E-state index in [2.05, 4.69) is 4.42 Å². The van der Waals surface area contributed by atoms with Gasteiger partial charge in [0.15, 0.2) is 5.78 Å². The third kappa shape index (κ3) is 2.52. The van der Waals surface area contributed by atoms with Gasteiger partial charge in [-0.2, -0.15) is 0 Å².